The Morgan fingerprint density at radius 3 is 2.56 bits per heavy atom. The molecule has 5 rings (SSSR count). The molecule has 0 bridgehead atoms. The van der Waals surface area contributed by atoms with E-state index in [1.807, 2.05) is 92.3 Å². The third-order valence-corrected chi connectivity index (χ3v) is 5.64. The molecule has 0 aliphatic heterocycles. The highest BCUT2D eigenvalue weighted by Gasteiger charge is 2.19. The molecule has 0 atom stereocenters. The Morgan fingerprint density at radius 2 is 1.82 bits per heavy atom. The highest BCUT2D eigenvalue weighted by Crippen LogP contribution is 2.26. The zero-order chi connectivity index (χ0) is 23.7. The zero-order valence-corrected chi connectivity index (χ0v) is 19.3. The molecule has 34 heavy (non-hydrogen) atoms. The van der Waals surface area contributed by atoms with E-state index in [1.165, 1.54) is 5.56 Å². The number of fused-ring (bicyclic) bond motifs is 1. The Hall–Kier alpha value is -4.33. The minimum Gasteiger partial charge on any atom is -0.346 e. The van der Waals surface area contributed by atoms with Crippen LogP contribution in [0.2, 0.25) is 0 Å². The lowest BCUT2D eigenvalue weighted by Crippen LogP contribution is -2.23. The van der Waals surface area contributed by atoms with Gasteiger partial charge in [0.05, 0.1) is 41.3 Å². The number of pyridine rings is 1. The molecular weight excluding hydrogens is 426 g/mol. The standard InChI is InChI=1S/C26H25N7O/c1-17(2)33-25-23(15-28-33)22(13-24(29-25)19-11-9-18(3)10-12-19)26(34)27-14-20-16-32(31-30-20)21-7-5-4-6-8-21/h4-13,15-17H,14H2,1-3H3,(H,27,34). The lowest BCUT2D eigenvalue weighted by Gasteiger charge is -2.11. The largest absolute Gasteiger partial charge is 0.346 e. The summed E-state index contributed by atoms with van der Waals surface area (Å²) in [7, 11) is 0. The SMILES string of the molecule is Cc1ccc(-c2cc(C(=O)NCc3cn(-c4ccccc4)nn3)c3cnn(C(C)C)c3n2)cc1. The molecule has 3 heterocycles. The Labute approximate surface area is 197 Å². The Balaban J connectivity index is 1.45. The van der Waals surface area contributed by atoms with Crippen molar-refractivity contribution in [2.24, 2.45) is 0 Å². The van der Waals surface area contributed by atoms with Gasteiger partial charge in [0.1, 0.15) is 5.69 Å². The first kappa shape index (κ1) is 21.5. The zero-order valence-electron chi connectivity index (χ0n) is 19.3. The maximum absolute atomic E-state index is 13.3. The minimum absolute atomic E-state index is 0.113. The topological polar surface area (TPSA) is 90.5 Å². The van der Waals surface area contributed by atoms with Crippen LogP contribution in [0.5, 0.6) is 0 Å². The Bertz CT molecular complexity index is 1450. The van der Waals surface area contributed by atoms with Crippen LogP contribution in [0, 0.1) is 6.92 Å². The molecule has 3 aromatic heterocycles. The van der Waals surface area contributed by atoms with E-state index < -0.39 is 0 Å². The molecule has 0 saturated carbocycles. The maximum Gasteiger partial charge on any atom is 0.252 e. The number of carbonyl (C=O) groups is 1. The van der Waals surface area contributed by atoms with E-state index in [4.69, 9.17) is 4.98 Å². The first-order valence-corrected chi connectivity index (χ1v) is 11.2. The van der Waals surface area contributed by atoms with Crippen molar-refractivity contribution in [3.8, 4) is 16.9 Å². The number of carbonyl (C=O) groups excluding carboxylic acids is 1. The molecule has 0 unspecified atom stereocenters. The van der Waals surface area contributed by atoms with Gasteiger partial charge in [-0.15, -0.1) is 5.10 Å². The number of para-hydroxylation sites is 1. The van der Waals surface area contributed by atoms with Crippen LogP contribution in [-0.2, 0) is 6.54 Å². The van der Waals surface area contributed by atoms with E-state index in [0.717, 1.165) is 22.3 Å². The van der Waals surface area contributed by atoms with Crippen molar-refractivity contribution in [2.45, 2.75) is 33.4 Å². The van der Waals surface area contributed by atoms with Crippen molar-refractivity contribution in [2.75, 3.05) is 0 Å². The van der Waals surface area contributed by atoms with Gasteiger partial charge >= 0.3 is 0 Å². The Morgan fingerprint density at radius 1 is 1.06 bits per heavy atom. The quantitative estimate of drug-likeness (QED) is 0.411. The molecule has 0 radical (unpaired) electrons. The molecule has 0 saturated heterocycles. The summed E-state index contributed by atoms with van der Waals surface area (Å²) in [6.07, 6.45) is 3.52. The van der Waals surface area contributed by atoms with E-state index in [-0.39, 0.29) is 18.5 Å². The van der Waals surface area contributed by atoms with Gasteiger partial charge in [0.2, 0.25) is 0 Å². The molecule has 0 aliphatic carbocycles. The van der Waals surface area contributed by atoms with Gasteiger partial charge in [-0.05, 0) is 39.0 Å². The molecule has 2 aromatic carbocycles. The highest BCUT2D eigenvalue weighted by molar-refractivity contribution is 6.06. The fourth-order valence-electron chi connectivity index (χ4n) is 3.81. The molecule has 170 valence electrons. The first-order valence-electron chi connectivity index (χ1n) is 11.2. The lowest BCUT2D eigenvalue weighted by molar-refractivity contribution is 0.0952. The van der Waals surface area contributed by atoms with Gasteiger partial charge in [-0.2, -0.15) is 5.10 Å². The third kappa shape index (κ3) is 4.17. The minimum atomic E-state index is -0.210. The van der Waals surface area contributed by atoms with Crippen molar-refractivity contribution in [3.05, 3.63) is 89.9 Å². The molecule has 1 N–H and O–H groups in total. The summed E-state index contributed by atoms with van der Waals surface area (Å²) in [5, 5.41) is 16.5. The van der Waals surface area contributed by atoms with Crippen LogP contribution in [0.3, 0.4) is 0 Å². The van der Waals surface area contributed by atoms with Crippen molar-refractivity contribution in [1.29, 1.82) is 0 Å². The summed E-state index contributed by atoms with van der Waals surface area (Å²) < 4.78 is 3.53. The average Bonchev–Trinajstić information content (AvgIpc) is 3.50. The van der Waals surface area contributed by atoms with Gasteiger partial charge in [0.25, 0.3) is 5.91 Å². The first-order chi connectivity index (χ1) is 16.5. The van der Waals surface area contributed by atoms with Crippen molar-refractivity contribution in [3.63, 3.8) is 0 Å². The lowest BCUT2D eigenvalue weighted by atomic mass is 10.1. The van der Waals surface area contributed by atoms with Crippen molar-refractivity contribution >= 4 is 16.9 Å². The number of amides is 1. The van der Waals surface area contributed by atoms with E-state index in [1.54, 1.807) is 10.9 Å². The fourth-order valence-corrected chi connectivity index (χ4v) is 3.81. The number of nitrogens with one attached hydrogen (secondary N) is 1. The van der Waals surface area contributed by atoms with E-state index in [2.05, 4.69) is 20.7 Å². The molecule has 5 aromatic rings. The summed E-state index contributed by atoms with van der Waals surface area (Å²) in [4.78, 5) is 18.1. The molecular formula is C26H25N7O. The van der Waals surface area contributed by atoms with Crippen LogP contribution in [0.25, 0.3) is 28.0 Å². The molecule has 1 amide bonds. The van der Waals surface area contributed by atoms with Crippen LogP contribution in [0.1, 0.15) is 41.5 Å². The van der Waals surface area contributed by atoms with E-state index >= 15 is 0 Å². The molecule has 0 fully saturated rings. The maximum atomic E-state index is 13.3. The number of hydrogen-bond donors (Lipinski definition) is 1. The second-order valence-electron chi connectivity index (χ2n) is 8.51. The molecule has 0 aliphatic rings. The number of benzene rings is 2. The molecule has 8 nitrogen and oxygen atoms in total. The van der Waals surface area contributed by atoms with Gasteiger partial charge in [-0.1, -0.05) is 53.2 Å². The second-order valence-corrected chi connectivity index (χ2v) is 8.51. The third-order valence-electron chi connectivity index (χ3n) is 5.64. The van der Waals surface area contributed by atoms with Gasteiger partial charge < -0.3 is 5.32 Å². The summed E-state index contributed by atoms with van der Waals surface area (Å²) >= 11 is 0. The van der Waals surface area contributed by atoms with E-state index in [0.29, 0.717) is 16.9 Å². The van der Waals surface area contributed by atoms with Crippen molar-refractivity contribution in [1.82, 2.24) is 35.1 Å². The van der Waals surface area contributed by atoms with Crippen LogP contribution in [0.4, 0.5) is 0 Å². The average molecular weight is 452 g/mol. The summed E-state index contributed by atoms with van der Waals surface area (Å²) in [5.41, 5.74) is 5.64. The predicted molar refractivity (Wildman–Crippen MR) is 131 cm³/mol. The van der Waals surface area contributed by atoms with E-state index in [9.17, 15) is 4.79 Å². The van der Waals surface area contributed by atoms with Crippen LogP contribution in [0.15, 0.2) is 73.1 Å². The summed E-state index contributed by atoms with van der Waals surface area (Å²) in [6.45, 7) is 6.39. The van der Waals surface area contributed by atoms with Crippen molar-refractivity contribution < 1.29 is 4.79 Å². The number of rotatable bonds is 6. The van der Waals surface area contributed by atoms with Gasteiger partial charge in [-0.25, -0.2) is 14.3 Å². The molecule has 8 heteroatoms. The van der Waals surface area contributed by atoms with Crippen LogP contribution < -0.4 is 5.32 Å². The van der Waals surface area contributed by atoms with Gasteiger partial charge in [0, 0.05) is 11.6 Å². The van der Waals surface area contributed by atoms with Gasteiger partial charge in [0.15, 0.2) is 5.65 Å². The smallest absolute Gasteiger partial charge is 0.252 e. The second kappa shape index (κ2) is 8.90. The molecule has 0 spiro atoms. The number of hydrogen-bond acceptors (Lipinski definition) is 5. The van der Waals surface area contributed by atoms with Crippen LogP contribution >= 0.6 is 0 Å². The fraction of sp³-hybridized carbons (Fsp3) is 0.192. The normalized spacial score (nSPS) is 11.3. The number of nitrogens with zero attached hydrogens (tertiary/aromatic N) is 6. The number of aromatic nitrogens is 6. The monoisotopic (exact) mass is 451 g/mol. The Kier molecular flexibility index (Phi) is 5.63. The summed E-state index contributed by atoms with van der Waals surface area (Å²) in [6, 6.07) is 19.8. The number of aryl methyl sites for hydroxylation is 1. The predicted octanol–water partition coefficient (Wildman–Crippen LogP) is 4.50. The summed E-state index contributed by atoms with van der Waals surface area (Å²) in [5.74, 6) is -0.210. The highest BCUT2D eigenvalue weighted by atomic mass is 16.1. The van der Waals surface area contributed by atoms with Crippen LogP contribution in [-0.4, -0.2) is 35.7 Å². The van der Waals surface area contributed by atoms with Gasteiger partial charge in [-0.3, -0.25) is 4.79 Å².